The zero-order valence-electron chi connectivity index (χ0n) is 79.2. The number of nitrogens with zero attached hydrogens (tertiary/aromatic N) is 11. The Kier molecular flexibility index (Phi) is 51.0. The number of carboxylic acid groups (broad SMARTS) is 11. The zero-order valence-corrected chi connectivity index (χ0v) is 80.8. The van der Waals surface area contributed by atoms with Crippen molar-refractivity contribution in [3.05, 3.63) is 147 Å². The Morgan fingerprint density at radius 1 is 0.345 bits per heavy atom. The van der Waals surface area contributed by atoms with Gasteiger partial charge in [-0.05, 0) is 136 Å². The second kappa shape index (κ2) is 61.8. The number of amides is 8. The second-order valence-corrected chi connectivity index (χ2v) is 35.3. The van der Waals surface area contributed by atoms with Crippen LogP contribution in [0, 0.1) is 0 Å². The first-order valence-corrected chi connectivity index (χ1v) is 47.0. The van der Waals surface area contributed by atoms with Crippen molar-refractivity contribution in [2.75, 3.05) is 164 Å². The van der Waals surface area contributed by atoms with E-state index in [0.717, 1.165) is 20.8 Å². The van der Waals surface area contributed by atoms with Crippen LogP contribution >= 0.6 is 15.9 Å². The standard InChI is InChI=1S/C47H65BrN8O16.C47H63N9O14/c1-31(57)36(13-16-40(59)60)50-47(72)51-37(45(68)69)4-2-3-17-56(27-33-7-11-35(48)12-8-33)44(67)34-9-5-32(6-10-34)26-49-39(58)15-14-38(46(70)71)55-24-22-53(29-42(63)64)20-18-52(28-41(61)62)19-21-54(23-25-55)30-43(65)66;1-32(57)37(13-14-41(59)60)50-47(70)51-38(46(68)69)8-4-5-17-56(27-39-36-7-3-2-6-34(36)15-16-48-39)45(67)35-11-9-33(10-12-35)26-49-40(58)28-52-18-20-53(29-42(61)62)22-24-55(31-44(65)66)25-23-54(21-19-52)30-43(63)64/h5-12,36-38H,2-4,13-30H2,1H3,(H,49,58)(H,59,60)(H,61,62)(H,63,64)(H,65,66)(H,68,69)(H,70,71)(H2,50,51,72);2-3,6-7,9-12,15-16,37-38H,4-5,8,13-14,17-31H2,1H3,(H,49,58)(H,59,60)(H,61,62)(H,63,64)(H,65,66)(H,68,69)(H2,50,51,70)/t36-,37-,38?;37-,38-/m11/s1. The van der Waals surface area contributed by atoms with Gasteiger partial charge in [0.2, 0.25) is 11.8 Å². The topological polar surface area (TPSA) is 664 Å². The molecule has 1 aromatic heterocycles. The summed E-state index contributed by atoms with van der Waals surface area (Å²) >= 11 is 3.40. The van der Waals surface area contributed by atoms with E-state index in [9.17, 15) is 137 Å². The Morgan fingerprint density at radius 2 is 0.683 bits per heavy atom. The lowest BCUT2D eigenvalue weighted by molar-refractivity contribution is -0.145. The lowest BCUT2D eigenvalue weighted by Gasteiger charge is -2.35. The van der Waals surface area contributed by atoms with Gasteiger partial charge in [-0.1, -0.05) is 76.6 Å². The minimum atomic E-state index is -1.34. The first-order chi connectivity index (χ1) is 67.4. The number of rotatable bonds is 53. The molecule has 5 aromatic rings. The molecule has 2 fully saturated rings. The summed E-state index contributed by atoms with van der Waals surface area (Å²) in [6.45, 7) is 4.17. The minimum absolute atomic E-state index is 0.0168. The van der Waals surface area contributed by atoms with Crippen molar-refractivity contribution >= 4 is 140 Å². The van der Waals surface area contributed by atoms with E-state index in [1.807, 2.05) is 59.5 Å². The second-order valence-electron chi connectivity index (χ2n) is 34.4. The van der Waals surface area contributed by atoms with Crippen LogP contribution in [0.4, 0.5) is 9.59 Å². The predicted molar refractivity (Wildman–Crippen MR) is 512 cm³/mol. The molecule has 142 heavy (non-hydrogen) atoms. The third-order valence-electron chi connectivity index (χ3n) is 23.5. The van der Waals surface area contributed by atoms with E-state index in [2.05, 4.69) is 52.8 Å². The van der Waals surface area contributed by atoms with Crippen molar-refractivity contribution in [2.45, 2.75) is 147 Å². The average Bonchev–Trinajstić information content (AvgIpc) is 0.812. The molecule has 2 saturated heterocycles. The van der Waals surface area contributed by atoms with E-state index in [0.29, 0.717) is 40.8 Å². The normalized spacial score (nSPS) is 15.5. The van der Waals surface area contributed by atoms with Crippen LogP contribution in [0.25, 0.3) is 10.8 Å². The van der Waals surface area contributed by atoms with Gasteiger partial charge in [0.05, 0.1) is 70.1 Å². The van der Waals surface area contributed by atoms with Gasteiger partial charge in [0.1, 0.15) is 18.1 Å². The van der Waals surface area contributed by atoms with E-state index in [1.165, 1.54) is 13.8 Å². The maximum Gasteiger partial charge on any atom is 0.326 e. The van der Waals surface area contributed by atoms with Crippen LogP contribution in [0.2, 0.25) is 0 Å². The molecule has 4 aromatic carbocycles. The average molecular weight is 2060 g/mol. The SMILES string of the molecule is CC(=O)[C@@H](CCC(=O)O)NC(=O)N[C@H](CCCCN(Cc1ccc(Br)cc1)C(=O)c1ccc(CNC(=O)CCC(C(=O)O)N2CCN(CC(=O)O)CCN(CC(=O)O)CCN(CC(=O)O)CC2)cc1)C(=O)O.CC(=O)[C@@H](CCC(=O)O)NC(=O)N[C@H](CCCCN(Cc1nccc2ccccc12)C(=O)c1ccc(CNC(=O)CN2CCN(CC(=O)O)CCN(CC(=O)O)CCN(CC(=O)O)CC2)cc1)C(=O)O. The smallest absolute Gasteiger partial charge is 0.326 e. The van der Waals surface area contributed by atoms with Crippen LogP contribution in [0.5, 0.6) is 0 Å². The van der Waals surface area contributed by atoms with Crippen LogP contribution in [-0.2, 0) is 98.1 Å². The van der Waals surface area contributed by atoms with Gasteiger partial charge in [0.25, 0.3) is 11.8 Å². The van der Waals surface area contributed by atoms with E-state index < -0.39 is 125 Å². The Morgan fingerprint density at radius 3 is 1.04 bits per heavy atom. The molecule has 48 heteroatoms. The molecule has 3 heterocycles. The van der Waals surface area contributed by atoms with Crippen LogP contribution in [0.3, 0.4) is 0 Å². The molecular weight excluding hydrogens is 1930 g/mol. The number of halogens is 1. The molecule has 0 bridgehead atoms. The summed E-state index contributed by atoms with van der Waals surface area (Å²) in [5.74, 6) is -15.2. The molecule has 1 unspecified atom stereocenters. The van der Waals surface area contributed by atoms with Crippen molar-refractivity contribution < 1.29 is 147 Å². The molecule has 0 radical (unpaired) electrons. The highest BCUT2D eigenvalue weighted by Crippen LogP contribution is 2.23. The molecule has 0 spiro atoms. The number of carbonyl (C=O) groups is 19. The Hall–Kier alpha value is -13.6. The monoisotopic (exact) mass is 2050 g/mol. The van der Waals surface area contributed by atoms with Crippen molar-refractivity contribution in [3.8, 4) is 0 Å². The molecule has 2 aliphatic rings. The number of nitrogens with one attached hydrogen (secondary N) is 6. The van der Waals surface area contributed by atoms with Crippen molar-refractivity contribution in [1.29, 1.82) is 0 Å². The maximum atomic E-state index is 14.2. The van der Waals surface area contributed by atoms with E-state index >= 15 is 0 Å². The lowest BCUT2D eigenvalue weighted by atomic mass is 10.1. The fraction of sp³-hybridized carbons (Fsp3) is 0.511. The number of carbonyl (C=O) groups excluding carboxylic acids is 8. The number of urea groups is 2. The summed E-state index contributed by atoms with van der Waals surface area (Å²) in [7, 11) is 0. The summed E-state index contributed by atoms with van der Waals surface area (Å²) in [5.41, 5.74) is 3.42. The highest BCUT2D eigenvalue weighted by atomic mass is 79.9. The number of hydrogen-bond donors (Lipinski definition) is 17. The Bertz CT molecular complexity index is 5030. The number of unbranched alkanes of at least 4 members (excludes halogenated alkanes) is 2. The number of hydrogen-bond acceptors (Lipinski definition) is 28. The minimum Gasteiger partial charge on any atom is -0.481 e. The van der Waals surface area contributed by atoms with Crippen LogP contribution in [-0.4, -0.2) is 417 Å². The number of benzene rings is 4. The van der Waals surface area contributed by atoms with Crippen molar-refractivity contribution in [3.63, 3.8) is 0 Å². The first kappa shape index (κ1) is 117. The van der Waals surface area contributed by atoms with Crippen molar-refractivity contribution in [1.82, 2.24) is 85.9 Å². The zero-order chi connectivity index (χ0) is 104. The molecule has 0 saturated carbocycles. The van der Waals surface area contributed by atoms with Gasteiger partial charge in [-0.25, -0.2) is 19.2 Å². The highest BCUT2D eigenvalue weighted by Gasteiger charge is 2.33. The number of carboxylic acids is 11. The molecule has 776 valence electrons. The molecular formula is C94H128BrN17O30. The summed E-state index contributed by atoms with van der Waals surface area (Å²) in [5, 5.41) is 122. The third-order valence-corrected chi connectivity index (χ3v) is 24.0. The van der Waals surface area contributed by atoms with Gasteiger partial charge in [-0.3, -0.25) is 116 Å². The van der Waals surface area contributed by atoms with Gasteiger partial charge in [-0.15, -0.1) is 0 Å². The number of aromatic nitrogens is 1. The molecule has 47 nitrogen and oxygen atoms in total. The van der Waals surface area contributed by atoms with Crippen LogP contribution in [0.15, 0.2) is 114 Å². The molecule has 17 N–H and O–H groups in total. The van der Waals surface area contributed by atoms with Crippen LogP contribution < -0.4 is 31.9 Å². The van der Waals surface area contributed by atoms with Gasteiger partial charge in [-0.2, -0.15) is 0 Å². The number of aliphatic carboxylic acids is 11. The largest absolute Gasteiger partial charge is 0.481 e. The number of fused-ring (bicyclic) bond motifs is 1. The van der Waals surface area contributed by atoms with Gasteiger partial charge < -0.3 is 97.9 Å². The van der Waals surface area contributed by atoms with Crippen LogP contribution in [0.1, 0.15) is 134 Å². The maximum absolute atomic E-state index is 14.2. The fourth-order valence-electron chi connectivity index (χ4n) is 15.7. The Labute approximate surface area is 827 Å². The summed E-state index contributed by atoms with van der Waals surface area (Å²) in [6.07, 6.45) is 1.41. The van der Waals surface area contributed by atoms with Gasteiger partial charge in [0, 0.05) is 184 Å². The summed E-state index contributed by atoms with van der Waals surface area (Å²) < 4.78 is 0.831. The number of pyridine rings is 1. The van der Waals surface area contributed by atoms with Crippen molar-refractivity contribution in [2.24, 2.45) is 0 Å². The lowest BCUT2D eigenvalue weighted by Crippen LogP contribution is -2.52. The molecule has 0 aliphatic carbocycles. The number of ketones is 2. The predicted octanol–water partition coefficient (Wildman–Crippen LogP) is 1.88. The highest BCUT2D eigenvalue weighted by molar-refractivity contribution is 9.10. The molecule has 5 atom stereocenters. The molecule has 2 aliphatic heterocycles. The fourth-order valence-corrected chi connectivity index (χ4v) is 16.0. The van der Waals surface area contributed by atoms with E-state index in [4.69, 9.17) is 10.2 Å². The summed E-state index contributed by atoms with van der Waals surface area (Å²) in [6, 6.07) is 21.9. The Balaban J connectivity index is 0.000000435. The number of Topliss-reactive ketones (excluding diaryl/α,β-unsaturated/α-hetero) is 2. The first-order valence-electron chi connectivity index (χ1n) is 46.2. The summed E-state index contributed by atoms with van der Waals surface area (Å²) in [4.78, 5) is 253. The quantitative estimate of drug-likeness (QED) is 0.0247. The van der Waals surface area contributed by atoms with Gasteiger partial charge >= 0.3 is 77.7 Å². The van der Waals surface area contributed by atoms with Gasteiger partial charge in [0.15, 0.2) is 11.6 Å². The third kappa shape index (κ3) is 45.8. The molecule has 7 rings (SSSR count). The van der Waals surface area contributed by atoms with E-state index in [1.54, 1.807) is 98.8 Å². The molecule has 8 amide bonds. The van der Waals surface area contributed by atoms with E-state index in [-0.39, 0.29) is 272 Å².